The van der Waals surface area contributed by atoms with Gasteiger partial charge in [0.15, 0.2) is 0 Å². The molecule has 0 amide bonds. The van der Waals surface area contributed by atoms with Gasteiger partial charge in [0, 0.05) is 28.9 Å². The Labute approximate surface area is 220 Å². The molecule has 0 bridgehead atoms. The molecule has 37 heavy (non-hydrogen) atoms. The van der Waals surface area contributed by atoms with Crippen LogP contribution in [0.5, 0.6) is 11.5 Å². The first-order valence-corrected chi connectivity index (χ1v) is 12.9. The van der Waals surface area contributed by atoms with Crippen molar-refractivity contribution in [2.24, 2.45) is 0 Å². The van der Waals surface area contributed by atoms with Crippen molar-refractivity contribution in [2.75, 3.05) is 6.54 Å². The molecule has 0 saturated heterocycles. The Balaban J connectivity index is 1.37. The molecule has 1 aromatic heterocycles. The van der Waals surface area contributed by atoms with Crippen molar-refractivity contribution in [1.82, 2.24) is 4.31 Å². The van der Waals surface area contributed by atoms with E-state index in [1.807, 2.05) is 66.7 Å². The SMILES string of the molecule is Cc1c(C(=O)O)oc2ccc(SN(CCc3ccccc3)Cc3cccc(Oc4ccccc4)c3)cc12. The molecule has 186 valence electrons. The summed E-state index contributed by atoms with van der Waals surface area (Å²) in [6, 6.07) is 34.2. The lowest BCUT2D eigenvalue weighted by atomic mass is 10.1. The third kappa shape index (κ3) is 6.23. The number of hydrogen-bond donors (Lipinski definition) is 1. The number of para-hydroxylation sites is 1. The molecule has 0 unspecified atom stereocenters. The van der Waals surface area contributed by atoms with Crippen molar-refractivity contribution in [1.29, 1.82) is 0 Å². The van der Waals surface area contributed by atoms with Gasteiger partial charge in [-0.05, 0) is 78.9 Å². The Hall–Kier alpha value is -4.00. The quantitative estimate of drug-likeness (QED) is 0.193. The monoisotopic (exact) mass is 509 g/mol. The molecule has 0 spiro atoms. The van der Waals surface area contributed by atoms with Gasteiger partial charge in [-0.15, -0.1) is 0 Å². The van der Waals surface area contributed by atoms with Crippen LogP contribution in [-0.2, 0) is 13.0 Å². The van der Waals surface area contributed by atoms with Crippen molar-refractivity contribution in [2.45, 2.75) is 24.8 Å². The van der Waals surface area contributed by atoms with E-state index in [1.165, 1.54) is 5.56 Å². The molecule has 4 aromatic carbocycles. The third-order valence-corrected chi connectivity index (χ3v) is 7.10. The van der Waals surface area contributed by atoms with E-state index in [4.69, 9.17) is 9.15 Å². The van der Waals surface area contributed by atoms with Gasteiger partial charge in [-0.1, -0.05) is 60.7 Å². The molecule has 0 fully saturated rings. The molecular weight excluding hydrogens is 482 g/mol. The van der Waals surface area contributed by atoms with Crippen LogP contribution >= 0.6 is 11.9 Å². The van der Waals surface area contributed by atoms with E-state index in [1.54, 1.807) is 18.9 Å². The Kier molecular flexibility index (Phi) is 7.59. The molecule has 0 atom stereocenters. The van der Waals surface area contributed by atoms with E-state index in [-0.39, 0.29) is 5.76 Å². The summed E-state index contributed by atoms with van der Waals surface area (Å²) in [6.07, 6.45) is 0.907. The van der Waals surface area contributed by atoms with E-state index in [9.17, 15) is 9.90 Å². The summed E-state index contributed by atoms with van der Waals surface area (Å²) in [5.41, 5.74) is 3.65. The van der Waals surface area contributed by atoms with Crippen LogP contribution in [0.25, 0.3) is 11.0 Å². The van der Waals surface area contributed by atoms with Gasteiger partial charge in [0.25, 0.3) is 0 Å². The second-order valence-electron chi connectivity index (χ2n) is 8.77. The van der Waals surface area contributed by atoms with Crippen molar-refractivity contribution in [3.63, 3.8) is 0 Å². The Morgan fingerprint density at radius 3 is 2.32 bits per heavy atom. The molecule has 6 heteroatoms. The largest absolute Gasteiger partial charge is 0.475 e. The fourth-order valence-electron chi connectivity index (χ4n) is 4.20. The maximum atomic E-state index is 11.5. The maximum absolute atomic E-state index is 11.5. The molecule has 0 aliphatic carbocycles. The fraction of sp³-hybridized carbons (Fsp3) is 0.129. The summed E-state index contributed by atoms with van der Waals surface area (Å²) < 4.78 is 13.9. The van der Waals surface area contributed by atoms with E-state index >= 15 is 0 Å². The van der Waals surface area contributed by atoms with Gasteiger partial charge in [-0.3, -0.25) is 0 Å². The number of aryl methyl sites for hydroxylation is 1. The number of aromatic carboxylic acids is 1. The first-order chi connectivity index (χ1) is 18.0. The van der Waals surface area contributed by atoms with Crippen molar-refractivity contribution >= 4 is 28.9 Å². The highest BCUT2D eigenvalue weighted by Gasteiger charge is 2.18. The standard InChI is InChI=1S/C31H27NO4S/c1-22-28-20-27(15-16-29(28)36-30(22)31(33)34)37-32(18-17-23-9-4-2-5-10-23)21-24-11-8-14-26(19-24)35-25-12-6-3-7-13-25/h2-16,19-20H,17-18,21H2,1H3,(H,33,34). The highest BCUT2D eigenvalue weighted by Crippen LogP contribution is 2.32. The molecule has 1 N–H and O–H groups in total. The molecule has 0 aliphatic rings. The molecule has 0 radical (unpaired) electrons. The minimum Gasteiger partial charge on any atom is -0.475 e. The number of rotatable bonds is 10. The molecule has 0 aliphatic heterocycles. The Morgan fingerprint density at radius 1 is 0.865 bits per heavy atom. The predicted octanol–water partition coefficient (Wildman–Crippen LogP) is 7.98. The van der Waals surface area contributed by atoms with Crippen LogP contribution in [0.1, 0.15) is 27.2 Å². The zero-order valence-corrected chi connectivity index (χ0v) is 21.3. The molecule has 5 rings (SSSR count). The normalized spacial score (nSPS) is 11.2. The third-order valence-electron chi connectivity index (χ3n) is 6.07. The van der Waals surface area contributed by atoms with Gasteiger partial charge >= 0.3 is 5.97 Å². The van der Waals surface area contributed by atoms with E-state index in [2.05, 4.69) is 40.7 Å². The number of carboxylic acid groups (broad SMARTS) is 1. The highest BCUT2D eigenvalue weighted by atomic mass is 32.2. The van der Waals surface area contributed by atoms with E-state index < -0.39 is 5.97 Å². The number of fused-ring (bicyclic) bond motifs is 1. The number of benzene rings is 4. The predicted molar refractivity (Wildman–Crippen MR) is 147 cm³/mol. The van der Waals surface area contributed by atoms with Crippen molar-refractivity contribution < 1.29 is 19.1 Å². The minimum atomic E-state index is -1.05. The fourth-order valence-corrected chi connectivity index (χ4v) is 5.19. The van der Waals surface area contributed by atoms with Gasteiger partial charge in [0.1, 0.15) is 17.1 Å². The lowest BCUT2D eigenvalue weighted by molar-refractivity contribution is 0.0664. The van der Waals surface area contributed by atoms with Crippen molar-refractivity contribution in [3.8, 4) is 11.5 Å². The van der Waals surface area contributed by atoms with Gasteiger partial charge < -0.3 is 14.3 Å². The molecular formula is C31H27NO4S. The number of hydrogen-bond acceptors (Lipinski definition) is 5. The average molecular weight is 510 g/mol. The van der Waals surface area contributed by atoms with Crippen LogP contribution in [0.3, 0.4) is 0 Å². The lowest BCUT2D eigenvalue weighted by Gasteiger charge is -2.22. The number of nitrogens with zero attached hydrogens (tertiary/aromatic N) is 1. The Morgan fingerprint density at radius 2 is 1.57 bits per heavy atom. The number of carbonyl (C=O) groups is 1. The average Bonchev–Trinajstić information content (AvgIpc) is 3.25. The van der Waals surface area contributed by atoms with Crippen LogP contribution < -0.4 is 4.74 Å². The van der Waals surface area contributed by atoms with Crippen LogP contribution in [0.4, 0.5) is 0 Å². The molecule has 5 nitrogen and oxygen atoms in total. The van der Waals surface area contributed by atoms with Crippen LogP contribution in [0.15, 0.2) is 112 Å². The first kappa shape index (κ1) is 24.7. The highest BCUT2D eigenvalue weighted by molar-refractivity contribution is 7.97. The topological polar surface area (TPSA) is 62.9 Å². The van der Waals surface area contributed by atoms with Gasteiger partial charge in [-0.25, -0.2) is 9.10 Å². The van der Waals surface area contributed by atoms with E-state index in [0.717, 1.165) is 40.3 Å². The van der Waals surface area contributed by atoms with Crippen LogP contribution in [-0.4, -0.2) is 21.9 Å². The second-order valence-corrected chi connectivity index (χ2v) is 9.94. The second kappa shape index (κ2) is 11.4. The van der Waals surface area contributed by atoms with Gasteiger partial charge in [-0.2, -0.15) is 0 Å². The van der Waals surface area contributed by atoms with E-state index in [0.29, 0.717) is 17.7 Å². The van der Waals surface area contributed by atoms with Crippen molar-refractivity contribution in [3.05, 3.63) is 126 Å². The smallest absolute Gasteiger partial charge is 0.372 e. The maximum Gasteiger partial charge on any atom is 0.372 e. The summed E-state index contributed by atoms with van der Waals surface area (Å²) >= 11 is 1.66. The summed E-state index contributed by atoms with van der Waals surface area (Å²) in [5.74, 6) is 0.547. The number of ether oxygens (including phenoxy) is 1. The van der Waals surface area contributed by atoms with Crippen LogP contribution in [0, 0.1) is 6.92 Å². The summed E-state index contributed by atoms with van der Waals surface area (Å²) in [5, 5.41) is 10.2. The zero-order valence-electron chi connectivity index (χ0n) is 20.5. The zero-order chi connectivity index (χ0) is 25.6. The summed E-state index contributed by atoms with van der Waals surface area (Å²) in [7, 11) is 0. The van der Waals surface area contributed by atoms with Gasteiger partial charge in [0.2, 0.25) is 5.76 Å². The molecule has 1 heterocycles. The minimum absolute atomic E-state index is 0.00619. The van der Waals surface area contributed by atoms with Gasteiger partial charge in [0.05, 0.1) is 0 Å². The first-order valence-electron chi connectivity index (χ1n) is 12.1. The molecule has 5 aromatic rings. The number of furan rings is 1. The Bertz CT molecular complexity index is 1500. The molecule has 0 saturated carbocycles. The number of carboxylic acids is 1. The lowest BCUT2D eigenvalue weighted by Crippen LogP contribution is -2.18. The summed E-state index contributed by atoms with van der Waals surface area (Å²) in [6.45, 7) is 3.34. The van der Waals surface area contributed by atoms with Crippen LogP contribution in [0.2, 0.25) is 0 Å². The summed E-state index contributed by atoms with van der Waals surface area (Å²) in [4.78, 5) is 12.5.